The molecule has 0 fully saturated rings. The zero-order valence-electron chi connectivity index (χ0n) is 17.6. The van der Waals surface area contributed by atoms with Gasteiger partial charge in [0, 0.05) is 17.1 Å². The monoisotopic (exact) mass is 446 g/mol. The maximum Gasteiger partial charge on any atom is 0.251 e. The Morgan fingerprint density at radius 3 is 2.41 bits per heavy atom. The molecule has 0 bridgehead atoms. The first-order valence-corrected chi connectivity index (χ1v) is 10.7. The topological polar surface area (TPSA) is 76.0 Å². The second-order valence-corrected chi connectivity index (χ2v) is 7.95. The van der Waals surface area contributed by atoms with E-state index < -0.39 is 6.04 Å². The summed E-state index contributed by atoms with van der Waals surface area (Å²) in [4.78, 5) is 30.1. The highest BCUT2D eigenvalue weighted by molar-refractivity contribution is 6.30. The van der Waals surface area contributed by atoms with Gasteiger partial charge in [0.2, 0.25) is 5.91 Å². The maximum atomic E-state index is 12.7. The lowest BCUT2D eigenvalue weighted by molar-refractivity contribution is -0.121. The molecule has 32 heavy (non-hydrogen) atoms. The van der Waals surface area contributed by atoms with Gasteiger partial charge >= 0.3 is 0 Å². The summed E-state index contributed by atoms with van der Waals surface area (Å²) in [5.74, 6) is 0.249. The summed E-state index contributed by atoms with van der Waals surface area (Å²) in [6, 6.07) is 23.6. The molecule has 4 aromatic rings. The molecule has 6 nitrogen and oxygen atoms in total. The van der Waals surface area contributed by atoms with E-state index >= 15 is 0 Å². The average molecular weight is 447 g/mol. The summed E-state index contributed by atoms with van der Waals surface area (Å²) >= 11 is 5.91. The first-order valence-electron chi connectivity index (χ1n) is 10.3. The largest absolute Gasteiger partial charge is 0.350 e. The number of hydrogen-bond acceptors (Lipinski definition) is 3. The summed E-state index contributed by atoms with van der Waals surface area (Å²) in [6.45, 7) is 2.40. The van der Waals surface area contributed by atoms with Crippen LogP contribution in [0.3, 0.4) is 0 Å². The predicted octanol–water partition coefficient (Wildman–Crippen LogP) is 4.50. The van der Waals surface area contributed by atoms with Gasteiger partial charge in [0.05, 0.1) is 17.1 Å². The van der Waals surface area contributed by atoms with E-state index in [4.69, 9.17) is 16.6 Å². The lowest BCUT2D eigenvalue weighted by atomic mass is 10.2. The zero-order valence-corrected chi connectivity index (χ0v) is 18.3. The summed E-state index contributed by atoms with van der Waals surface area (Å²) < 4.78 is 1.85. The Bertz CT molecular complexity index is 1240. The second kappa shape index (κ2) is 9.66. The van der Waals surface area contributed by atoms with Gasteiger partial charge in [-0.15, -0.1) is 0 Å². The van der Waals surface area contributed by atoms with E-state index in [2.05, 4.69) is 10.6 Å². The molecule has 1 aromatic heterocycles. The molecule has 0 radical (unpaired) electrons. The third kappa shape index (κ3) is 4.98. The summed E-state index contributed by atoms with van der Waals surface area (Å²) in [5, 5.41) is 6.49. The molecule has 0 aliphatic carbocycles. The predicted molar refractivity (Wildman–Crippen MR) is 125 cm³/mol. The highest BCUT2D eigenvalue weighted by Crippen LogP contribution is 2.21. The van der Waals surface area contributed by atoms with E-state index in [1.165, 1.54) is 0 Å². The van der Waals surface area contributed by atoms with Crippen molar-refractivity contribution in [3.63, 3.8) is 0 Å². The van der Waals surface area contributed by atoms with Crippen molar-refractivity contribution in [2.75, 3.05) is 0 Å². The molecule has 1 heterocycles. The molecule has 1 atom stereocenters. The maximum absolute atomic E-state index is 12.7. The van der Waals surface area contributed by atoms with E-state index in [0.717, 1.165) is 16.6 Å². The fraction of sp³-hybridized carbons (Fsp3) is 0.160. The molecule has 162 valence electrons. The minimum atomic E-state index is -0.410. The Labute approximate surface area is 191 Å². The molecule has 0 saturated heterocycles. The highest BCUT2D eigenvalue weighted by atomic mass is 35.5. The lowest BCUT2D eigenvalue weighted by Gasteiger charge is -2.16. The fourth-order valence-electron chi connectivity index (χ4n) is 3.53. The van der Waals surface area contributed by atoms with E-state index in [-0.39, 0.29) is 18.4 Å². The van der Waals surface area contributed by atoms with E-state index in [1.807, 2.05) is 66.1 Å². The van der Waals surface area contributed by atoms with Crippen molar-refractivity contribution in [3.05, 3.63) is 101 Å². The van der Waals surface area contributed by atoms with Crippen molar-refractivity contribution in [2.24, 2.45) is 0 Å². The van der Waals surface area contributed by atoms with Gasteiger partial charge in [-0.3, -0.25) is 9.59 Å². The molecule has 0 saturated carbocycles. The Balaban J connectivity index is 1.53. The van der Waals surface area contributed by atoms with Gasteiger partial charge in [0.15, 0.2) is 0 Å². The van der Waals surface area contributed by atoms with Crippen LogP contribution < -0.4 is 10.6 Å². The molecule has 2 N–H and O–H groups in total. The van der Waals surface area contributed by atoms with Gasteiger partial charge in [-0.25, -0.2) is 4.98 Å². The normalized spacial score (nSPS) is 11.8. The first kappa shape index (κ1) is 21.6. The van der Waals surface area contributed by atoms with Crippen LogP contribution in [0.15, 0.2) is 78.9 Å². The average Bonchev–Trinajstić information content (AvgIpc) is 3.17. The van der Waals surface area contributed by atoms with E-state index in [0.29, 0.717) is 23.0 Å². The van der Waals surface area contributed by atoms with Crippen LogP contribution in [0.4, 0.5) is 0 Å². The number of rotatable bonds is 7. The molecule has 0 aliphatic rings. The zero-order chi connectivity index (χ0) is 22.5. The second-order valence-electron chi connectivity index (χ2n) is 7.51. The summed E-state index contributed by atoms with van der Waals surface area (Å²) in [6.07, 6.45) is 0. The molecule has 4 rings (SSSR count). The number of aromatic nitrogens is 2. The smallest absolute Gasteiger partial charge is 0.251 e. The van der Waals surface area contributed by atoms with Crippen LogP contribution in [-0.4, -0.2) is 21.4 Å². The Hall–Kier alpha value is -3.64. The number of fused-ring (bicyclic) bond motifs is 1. The van der Waals surface area contributed by atoms with Gasteiger partial charge < -0.3 is 15.2 Å². The number of carbonyl (C=O) groups excluding carboxylic acids is 2. The van der Waals surface area contributed by atoms with Crippen molar-refractivity contribution in [1.82, 2.24) is 20.2 Å². The van der Waals surface area contributed by atoms with Crippen LogP contribution in [0.1, 0.15) is 34.7 Å². The van der Waals surface area contributed by atoms with Crippen molar-refractivity contribution in [2.45, 2.75) is 26.1 Å². The van der Waals surface area contributed by atoms with Crippen molar-refractivity contribution in [1.29, 1.82) is 0 Å². The number of halogens is 1. The molecular weight excluding hydrogens is 424 g/mol. The lowest BCUT2D eigenvalue weighted by Crippen LogP contribution is -2.31. The Morgan fingerprint density at radius 2 is 1.66 bits per heavy atom. The third-order valence-electron chi connectivity index (χ3n) is 5.16. The third-order valence-corrected chi connectivity index (χ3v) is 5.41. The standard InChI is InChI=1S/C25H23ClN4O2/c1-17(28-25(32)19-11-13-20(26)14-12-19)24-29-21-9-5-6-10-22(21)30(24)16-23(31)27-15-18-7-3-2-4-8-18/h2-14,17H,15-16H2,1H3,(H,27,31)(H,28,32). The number of amides is 2. The number of nitrogens with one attached hydrogen (secondary N) is 2. The minimum Gasteiger partial charge on any atom is -0.350 e. The van der Waals surface area contributed by atoms with Crippen molar-refractivity contribution < 1.29 is 9.59 Å². The SMILES string of the molecule is CC(NC(=O)c1ccc(Cl)cc1)c1nc2ccccc2n1CC(=O)NCc1ccccc1. The van der Waals surface area contributed by atoms with Crippen LogP contribution in [0.2, 0.25) is 5.02 Å². The van der Waals surface area contributed by atoms with Gasteiger partial charge in [0.25, 0.3) is 5.91 Å². The van der Waals surface area contributed by atoms with Crippen LogP contribution in [0.5, 0.6) is 0 Å². The van der Waals surface area contributed by atoms with Crippen LogP contribution in [0, 0.1) is 0 Å². The number of para-hydroxylation sites is 2. The number of imidazole rings is 1. The molecule has 0 aliphatic heterocycles. The Morgan fingerprint density at radius 1 is 0.969 bits per heavy atom. The number of benzene rings is 3. The van der Waals surface area contributed by atoms with Crippen LogP contribution in [0.25, 0.3) is 11.0 Å². The van der Waals surface area contributed by atoms with Crippen LogP contribution in [-0.2, 0) is 17.9 Å². The Kier molecular flexibility index (Phi) is 6.52. The number of carbonyl (C=O) groups is 2. The molecule has 0 spiro atoms. The number of nitrogens with zero attached hydrogens (tertiary/aromatic N) is 2. The highest BCUT2D eigenvalue weighted by Gasteiger charge is 2.20. The molecule has 3 aromatic carbocycles. The summed E-state index contributed by atoms with van der Waals surface area (Å²) in [7, 11) is 0. The van der Waals surface area contributed by atoms with Gasteiger partial charge in [-0.1, -0.05) is 54.1 Å². The molecular formula is C25H23ClN4O2. The molecule has 2 amide bonds. The van der Waals surface area contributed by atoms with E-state index in [1.54, 1.807) is 24.3 Å². The van der Waals surface area contributed by atoms with E-state index in [9.17, 15) is 9.59 Å². The minimum absolute atomic E-state index is 0.101. The van der Waals surface area contributed by atoms with Crippen molar-refractivity contribution >= 4 is 34.4 Å². The summed E-state index contributed by atoms with van der Waals surface area (Å²) in [5.41, 5.74) is 3.14. The van der Waals surface area contributed by atoms with Gasteiger partial charge in [0.1, 0.15) is 12.4 Å². The van der Waals surface area contributed by atoms with Crippen molar-refractivity contribution in [3.8, 4) is 0 Å². The quantitative estimate of drug-likeness (QED) is 0.439. The molecule has 7 heteroatoms. The van der Waals surface area contributed by atoms with Gasteiger partial charge in [-0.2, -0.15) is 0 Å². The first-order chi connectivity index (χ1) is 15.5. The van der Waals surface area contributed by atoms with Gasteiger partial charge in [-0.05, 0) is 48.9 Å². The molecule has 1 unspecified atom stereocenters. The fourth-order valence-corrected chi connectivity index (χ4v) is 3.66. The number of hydrogen-bond donors (Lipinski definition) is 2. The van der Waals surface area contributed by atoms with Crippen LogP contribution >= 0.6 is 11.6 Å².